The molecule has 0 N–H and O–H groups in total. The van der Waals surface area contributed by atoms with E-state index in [0.717, 1.165) is 6.07 Å². The van der Waals surface area contributed by atoms with Gasteiger partial charge in [-0.2, -0.15) is 0 Å². The Morgan fingerprint density at radius 2 is 1.85 bits per heavy atom. The van der Waals surface area contributed by atoms with E-state index < -0.39 is 15.0 Å². The van der Waals surface area contributed by atoms with Crippen molar-refractivity contribution < 1.29 is 17.9 Å². The maximum absolute atomic E-state index is 11.9. The van der Waals surface area contributed by atoms with E-state index in [9.17, 15) is 13.2 Å². The van der Waals surface area contributed by atoms with Crippen LogP contribution in [0.25, 0.3) is 0 Å². The molecular formula is C13H16Cl2O4S. The molecule has 0 saturated heterocycles. The summed E-state index contributed by atoms with van der Waals surface area (Å²) >= 11 is 5.79. The number of carbonyl (C=O) groups excluding carboxylic acids is 1. The summed E-state index contributed by atoms with van der Waals surface area (Å²) < 4.78 is 27.8. The van der Waals surface area contributed by atoms with Gasteiger partial charge in [-0.3, -0.25) is 0 Å². The predicted octanol–water partition coefficient (Wildman–Crippen LogP) is 3.86. The first-order chi connectivity index (χ1) is 9.09. The lowest BCUT2D eigenvalue weighted by Crippen LogP contribution is -2.17. The number of hydrogen-bond donors (Lipinski definition) is 0. The van der Waals surface area contributed by atoms with Crippen molar-refractivity contribution in [3.63, 3.8) is 0 Å². The van der Waals surface area contributed by atoms with Gasteiger partial charge in [0.2, 0.25) is 0 Å². The molecule has 0 aliphatic heterocycles. The third-order valence-electron chi connectivity index (χ3n) is 2.50. The van der Waals surface area contributed by atoms with Gasteiger partial charge in [0, 0.05) is 15.7 Å². The molecule has 0 heterocycles. The number of benzene rings is 1. The highest BCUT2D eigenvalue weighted by atomic mass is 35.7. The number of hydrogen-bond acceptors (Lipinski definition) is 4. The minimum absolute atomic E-state index is 0.0623. The van der Waals surface area contributed by atoms with Crippen LogP contribution in [0.4, 0.5) is 0 Å². The molecule has 0 aliphatic carbocycles. The SMILES string of the molecule is CC(C)CC(C)OC(=O)c1cc(Cl)cc(S(=O)(=O)Cl)c1. The van der Waals surface area contributed by atoms with Crippen molar-refractivity contribution in [2.45, 2.75) is 38.2 Å². The van der Waals surface area contributed by atoms with Crippen LogP contribution in [0.5, 0.6) is 0 Å². The molecule has 0 saturated carbocycles. The number of halogens is 2. The normalized spacial score (nSPS) is 13.3. The van der Waals surface area contributed by atoms with Crippen LogP contribution < -0.4 is 0 Å². The fraction of sp³-hybridized carbons (Fsp3) is 0.462. The maximum Gasteiger partial charge on any atom is 0.338 e. The minimum atomic E-state index is -3.95. The second-order valence-corrected chi connectivity index (χ2v) is 7.96. The molecule has 112 valence electrons. The molecule has 4 nitrogen and oxygen atoms in total. The van der Waals surface area contributed by atoms with E-state index in [1.54, 1.807) is 6.92 Å². The van der Waals surface area contributed by atoms with Crippen molar-refractivity contribution >= 4 is 37.3 Å². The van der Waals surface area contributed by atoms with Gasteiger partial charge in [0.1, 0.15) is 0 Å². The van der Waals surface area contributed by atoms with Crippen LogP contribution in [0.2, 0.25) is 5.02 Å². The average Bonchev–Trinajstić information content (AvgIpc) is 2.25. The van der Waals surface area contributed by atoms with Crippen molar-refractivity contribution in [2.24, 2.45) is 5.92 Å². The second kappa shape index (κ2) is 6.78. The predicted molar refractivity (Wildman–Crippen MR) is 78.8 cm³/mol. The Bertz CT molecular complexity index is 596. The summed E-state index contributed by atoms with van der Waals surface area (Å²) in [6.45, 7) is 5.81. The van der Waals surface area contributed by atoms with Gasteiger partial charge in [-0.05, 0) is 37.5 Å². The van der Waals surface area contributed by atoms with E-state index in [2.05, 4.69) is 0 Å². The van der Waals surface area contributed by atoms with Crippen molar-refractivity contribution in [1.82, 2.24) is 0 Å². The van der Waals surface area contributed by atoms with Crippen LogP contribution >= 0.6 is 22.3 Å². The lowest BCUT2D eigenvalue weighted by molar-refractivity contribution is 0.0299. The average molecular weight is 339 g/mol. The molecule has 20 heavy (non-hydrogen) atoms. The Kier molecular flexibility index (Phi) is 5.86. The Morgan fingerprint density at radius 1 is 1.25 bits per heavy atom. The molecule has 1 rings (SSSR count). The Morgan fingerprint density at radius 3 is 2.35 bits per heavy atom. The molecule has 0 aromatic heterocycles. The van der Waals surface area contributed by atoms with E-state index in [4.69, 9.17) is 27.0 Å². The van der Waals surface area contributed by atoms with Gasteiger partial charge in [-0.25, -0.2) is 13.2 Å². The van der Waals surface area contributed by atoms with Crippen LogP contribution in [0.3, 0.4) is 0 Å². The number of ether oxygens (including phenoxy) is 1. The maximum atomic E-state index is 11.9. The fourth-order valence-corrected chi connectivity index (χ4v) is 2.89. The molecule has 1 unspecified atom stereocenters. The summed E-state index contributed by atoms with van der Waals surface area (Å²) in [6.07, 6.45) is 0.449. The molecular weight excluding hydrogens is 323 g/mol. The van der Waals surface area contributed by atoms with Gasteiger partial charge >= 0.3 is 5.97 Å². The van der Waals surface area contributed by atoms with Gasteiger partial charge < -0.3 is 4.74 Å². The first-order valence-electron chi connectivity index (χ1n) is 6.06. The van der Waals surface area contributed by atoms with Crippen LogP contribution in [-0.4, -0.2) is 20.5 Å². The Labute approximate surface area is 128 Å². The Balaban J connectivity index is 2.97. The summed E-state index contributed by atoms with van der Waals surface area (Å²) in [4.78, 5) is 11.7. The highest BCUT2D eigenvalue weighted by molar-refractivity contribution is 8.13. The van der Waals surface area contributed by atoms with Crippen LogP contribution in [0, 0.1) is 5.92 Å². The third kappa shape index (κ3) is 5.31. The zero-order chi connectivity index (χ0) is 15.5. The fourth-order valence-electron chi connectivity index (χ4n) is 1.78. The van der Waals surface area contributed by atoms with E-state index >= 15 is 0 Å². The molecule has 0 fully saturated rings. The molecule has 0 amide bonds. The van der Waals surface area contributed by atoms with Crippen molar-refractivity contribution in [2.75, 3.05) is 0 Å². The zero-order valence-corrected chi connectivity index (χ0v) is 13.7. The molecule has 1 atom stereocenters. The minimum Gasteiger partial charge on any atom is -0.459 e. The monoisotopic (exact) mass is 338 g/mol. The van der Waals surface area contributed by atoms with E-state index in [1.165, 1.54) is 12.1 Å². The number of esters is 1. The van der Waals surface area contributed by atoms with Gasteiger partial charge in [0.05, 0.1) is 16.6 Å². The van der Waals surface area contributed by atoms with Crippen LogP contribution in [0.1, 0.15) is 37.6 Å². The largest absolute Gasteiger partial charge is 0.459 e. The molecule has 1 aromatic carbocycles. The summed E-state index contributed by atoms with van der Waals surface area (Å²) in [5.41, 5.74) is 0.0623. The summed E-state index contributed by atoms with van der Waals surface area (Å²) in [5, 5.41) is 0.107. The standard InChI is InChI=1S/C13H16Cl2O4S/c1-8(2)4-9(3)19-13(16)10-5-11(14)7-12(6-10)20(15,17)18/h5-9H,4H2,1-3H3. The highest BCUT2D eigenvalue weighted by Gasteiger charge is 2.18. The van der Waals surface area contributed by atoms with Gasteiger partial charge in [0.25, 0.3) is 9.05 Å². The van der Waals surface area contributed by atoms with Gasteiger partial charge in [0.15, 0.2) is 0 Å². The Hall–Kier alpha value is -0.780. The summed E-state index contributed by atoms with van der Waals surface area (Å²) in [6, 6.07) is 3.68. The quantitative estimate of drug-likeness (QED) is 0.604. The van der Waals surface area contributed by atoms with Crippen molar-refractivity contribution in [3.8, 4) is 0 Å². The first kappa shape index (κ1) is 17.3. The first-order valence-corrected chi connectivity index (χ1v) is 8.74. The van der Waals surface area contributed by atoms with Gasteiger partial charge in [-0.1, -0.05) is 25.4 Å². The summed E-state index contributed by atoms with van der Waals surface area (Å²) in [7, 11) is 1.29. The zero-order valence-electron chi connectivity index (χ0n) is 11.4. The lowest BCUT2D eigenvalue weighted by atomic mass is 10.1. The van der Waals surface area contributed by atoms with Crippen LogP contribution in [-0.2, 0) is 13.8 Å². The molecule has 0 bridgehead atoms. The molecule has 1 aromatic rings. The highest BCUT2D eigenvalue weighted by Crippen LogP contribution is 2.23. The van der Waals surface area contributed by atoms with Crippen LogP contribution in [0.15, 0.2) is 23.1 Å². The van der Waals surface area contributed by atoms with E-state index in [0.29, 0.717) is 12.3 Å². The molecule has 0 aliphatic rings. The van der Waals surface area contributed by atoms with Crippen molar-refractivity contribution in [3.05, 3.63) is 28.8 Å². The van der Waals surface area contributed by atoms with Gasteiger partial charge in [-0.15, -0.1) is 0 Å². The van der Waals surface area contributed by atoms with E-state index in [1.807, 2.05) is 13.8 Å². The molecule has 0 radical (unpaired) electrons. The van der Waals surface area contributed by atoms with E-state index in [-0.39, 0.29) is 21.6 Å². The topological polar surface area (TPSA) is 60.4 Å². The summed E-state index contributed by atoms with van der Waals surface area (Å²) in [5.74, 6) is -0.238. The van der Waals surface area contributed by atoms with Crippen molar-refractivity contribution in [1.29, 1.82) is 0 Å². The lowest BCUT2D eigenvalue weighted by Gasteiger charge is -2.15. The molecule has 0 spiro atoms. The smallest absolute Gasteiger partial charge is 0.338 e. The third-order valence-corrected chi connectivity index (χ3v) is 4.05. The number of rotatable bonds is 5. The molecule has 7 heteroatoms. The number of carbonyl (C=O) groups is 1. The second-order valence-electron chi connectivity index (χ2n) is 4.96.